The van der Waals surface area contributed by atoms with Crippen LogP contribution < -0.4 is 10.5 Å². The normalized spacial score (nSPS) is 10.9. The standard InChI is InChI=1S/C9H7F3N2O2/c10-9(11,12)8(15)16-6-4-2-1-3-5(6)7(13)14/h1-4H,(H3,13,14). The van der Waals surface area contributed by atoms with Crippen molar-refractivity contribution in [3.8, 4) is 5.75 Å². The number of halogens is 3. The number of carbonyl (C=O) groups excluding carboxylic acids is 1. The summed E-state index contributed by atoms with van der Waals surface area (Å²) in [6, 6.07) is 5.23. The number of para-hydroxylation sites is 1. The Morgan fingerprint density at radius 2 is 1.88 bits per heavy atom. The minimum absolute atomic E-state index is 0.0694. The second kappa shape index (κ2) is 4.21. The van der Waals surface area contributed by atoms with Crippen molar-refractivity contribution in [2.75, 3.05) is 0 Å². The number of ether oxygens (including phenoxy) is 1. The molecule has 0 bridgehead atoms. The summed E-state index contributed by atoms with van der Waals surface area (Å²) in [6.07, 6.45) is -5.08. The molecular formula is C9H7F3N2O2. The summed E-state index contributed by atoms with van der Waals surface area (Å²) < 4.78 is 39.8. The minimum Gasteiger partial charge on any atom is -0.419 e. The summed E-state index contributed by atoms with van der Waals surface area (Å²) in [4.78, 5) is 10.6. The average Bonchev–Trinajstić information content (AvgIpc) is 2.16. The van der Waals surface area contributed by atoms with Crippen molar-refractivity contribution in [2.45, 2.75) is 6.18 Å². The van der Waals surface area contributed by atoms with Crippen LogP contribution >= 0.6 is 0 Å². The maximum atomic E-state index is 11.9. The number of carbonyl (C=O) groups is 1. The maximum Gasteiger partial charge on any atom is 0.491 e. The van der Waals surface area contributed by atoms with E-state index in [2.05, 4.69) is 4.74 Å². The molecule has 0 saturated carbocycles. The number of alkyl halides is 3. The number of amidine groups is 1. The molecule has 1 rings (SSSR count). The fourth-order valence-corrected chi connectivity index (χ4v) is 0.936. The number of rotatable bonds is 2. The van der Waals surface area contributed by atoms with Crippen molar-refractivity contribution < 1.29 is 22.7 Å². The Morgan fingerprint density at radius 3 is 2.38 bits per heavy atom. The molecule has 0 spiro atoms. The van der Waals surface area contributed by atoms with E-state index < -0.39 is 23.7 Å². The van der Waals surface area contributed by atoms with Gasteiger partial charge in [0.1, 0.15) is 11.6 Å². The number of benzene rings is 1. The first-order valence-electron chi connectivity index (χ1n) is 4.05. The van der Waals surface area contributed by atoms with Crippen molar-refractivity contribution in [2.24, 2.45) is 5.73 Å². The molecule has 0 atom stereocenters. The Morgan fingerprint density at radius 1 is 1.31 bits per heavy atom. The summed E-state index contributed by atoms with van der Waals surface area (Å²) in [7, 11) is 0. The molecule has 0 aliphatic carbocycles. The van der Waals surface area contributed by atoms with E-state index in [-0.39, 0.29) is 5.56 Å². The highest BCUT2D eigenvalue weighted by atomic mass is 19.4. The minimum atomic E-state index is -5.08. The zero-order valence-electron chi connectivity index (χ0n) is 7.84. The molecule has 4 nitrogen and oxygen atoms in total. The molecule has 3 N–H and O–H groups in total. The molecule has 0 amide bonds. The summed E-state index contributed by atoms with van der Waals surface area (Å²) in [5.74, 6) is -3.22. The van der Waals surface area contributed by atoms with Gasteiger partial charge >= 0.3 is 12.1 Å². The van der Waals surface area contributed by atoms with Crippen molar-refractivity contribution in [3.63, 3.8) is 0 Å². The molecule has 0 saturated heterocycles. The molecule has 0 aliphatic heterocycles. The van der Waals surface area contributed by atoms with E-state index in [0.717, 1.165) is 6.07 Å². The first-order valence-corrected chi connectivity index (χ1v) is 4.05. The number of nitrogen functional groups attached to an aromatic ring is 1. The predicted molar refractivity (Wildman–Crippen MR) is 49.1 cm³/mol. The van der Waals surface area contributed by atoms with Crippen LogP contribution in [0.5, 0.6) is 5.75 Å². The van der Waals surface area contributed by atoms with Gasteiger partial charge < -0.3 is 10.5 Å². The van der Waals surface area contributed by atoms with E-state index in [1.54, 1.807) is 0 Å². The number of hydrogen-bond donors (Lipinski definition) is 2. The number of nitrogens with one attached hydrogen (secondary N) is 1. The van der Waals surface area contributed by atoms with Crippen molar-refractivity contribution in [1.82, 2.24) is 0 Å². The van der Waals surface area contributed by atoms with Gasteiger partial charge in [-0.3, -0.25) is 5.41 Å². The maximum absolute atomic E-state index is 11.9. The van der Waals surface area contributed by atoms with Crippen LogP contribution in [0.3, 0.4) is 0 Å². The lowest BCUT2D eigenvalue weighted by Gasteiger charge is -2.09. The lowest BCUT2D eigenvalue weighted by atomic mass is 10.2. The third-order valence-electron chi connectivity index (χ3n) is 1.61. The van der Waals surface area contributed by atoms with Gasteiger partial charge in [0.25, 0.3) is 0 Å². The predicted octanol–water partition coefficient (Wildman–Crippen LogP) is 1.44. The van der Waals surface area contributed by atoms with Crippen LogP contribution in [0.15, 0.2) is 24.3 Å². The second-order valence-electron chi connectivity index (χ2n) is 2.80. The Bertz CT molecular complexity index is 429. The summed E-state index contributed by atoms with van der Waals surface area (Å²) in [5, 5.41) is 7.08. The lowest BCUT2D eigenvalue weighted by Crippen LogP contribution is -2.29. The molecular weight excluding hydrogens is 225 g/mol. The summed E-state index contributed by atoms with van der Waals surface area (Å²) >= 11 is 0. The zero-order valence-corrected chi connectivity index (χ0v) is 7.84. The van der Waals surface area contributed by atoms with Crippen LogP contribution in [0.2, 0.25) is 0 Å². The van der Waals surface area contributed by atoms with E-state index >= 15 is 0 Å². The van der Waals surface area contributed by atoms with Gasteiger partial charge in [-0.1, -0.05) is 12.1 Å². The Balaban J connectivity index is 2.98. The van der Waals surface area contributed by atoms with Crippen LogP contribution in [0.4, 0.5) is 13.2 Å². The molecule has 0 radical (unpaired) electrons. The molecule has 0 aliphatic rings. The average molecular weight is 232 g/mol. The lowest BCUT2D eigenvalue weighted by molar-refractivity contribution is -0.189. The van der Waals surface area contributed by atoms with Crippen LogP contribution in [0, 0.1) is 5.41 Å². The molecule has 7 heteroatoms. The monoisotopic (exact) mass is 232 g/mol. The van der Waals surface area contributed by atoms with Crippen molar-refractivity contribution >= 4 is 11.8 Å². The Kier molecular flexibility index (Phi) is 3.17. The van der Waals surface area contributed by atoms with E-state index in [1.165, 1.54) is 18.2 Å². The highest BCUT2D eigenvalue weighted by molar-refractivity contribution is 5.98. The molecule has 1 aromatic rings. The van der Waals surface area contributed by atoms with Gasteiger partial charge in [-0.25, -0.2) is 4.79 Å². The molecule has 86 valence electrons. The van der Waals surface area contributed by atoms with Crippen LogP contribution in [-0.4, -0.2) is 18.0 Å². The number of esters is 1. The smallest absolute Gasteiger partial charge is 0.419 e. The van der Waals surface area contributed by atoms with Crippen LogP contribution in [0.25, 0.3) is 0 Å². The number of hydrogen-bond acceptors (Lipinski definition) is 3. The van der Waals surface area contributed by atoms with Crippen molar-refractivity contribution in [3.05, 3.63) is 29.8 Å². The first-order chi connectivity index (χ1) is 7.32. The van der Waals surface area contributed by atoms with Crippen LogP contribution in [-0.2, 0) is 4.79 Å². The second-order valence-corrected chi connectivity index (χ2v) is 2.80. The third kappa shape index (κ3) is 2.72. The SMILES string of the molecule is N=C(N)c1ccccc1OC(=O)C(F)(F)F. The number of nitrogens with two attached hydrogens (primary N) is 1. The molecule has 0 fully saturated rings. The van der Waals surface area contributed by atoms with E-state index in [9.17, 15) is 18.0 Å². The van der Waals surface area contributed by atoms with E-state index in [4.69, 9.17) is 11.1 Å². The van der Waals surface area contributed by atoms with Crippen LogP contribution in [0.1, 0.15) is 5.56 Å². The molecule has 0 heterocycles. The Hall–Kier alpha value is -2.05. The molecule has 16 heavy (non-hydrogen) atoms. The molecule has 0 unspecified atom stereocenters. The quantitative estimate of drug-likeness (QED) is 0.350. The Labute approximate surface area is 88.3 Å². The molecule has 0 aromatic heterocycles. The fraction of sp³-hybridized carbons (Fsp3) is 0.111. The van der Waals surface area contributed by atoms with Gasteiger partial charge in [0.15, 0.2) is 0 Å². The van der Waals surface area contributed by atoms with Gasteiger partial charge in [-0.05, 0) is 12.1 Å². The molecule has 1 aromatic carbocycles. The van der Waals surface area contributed by atoms with Gasteiger partial charge in [-0.15, -0.1) is 0 Å². The van der Waals surface area contributed by atoms with Gasteiger partial charge in [0.2, 0.25) is 0 Å². The fourth-order valence-electron chi connectivity index (χ4n) is 0.936. The first kappa shape index (κ1) is 12.0. The van der Waals surface area contributed by atoms with Gasteiger partial charge in [0, 0.05) is 0 Å². The van der Waals surface area contributed by atoms with Gasteiger partial charge in [-0.2, -0.15) is 13.2 Å². The topological polar surface area (TPSA) is 76.2 Å². The largest absolute Gasteiger partial charge is 0.491 e. The summed E-state index contributed by atoms with van der Waals surface area (Å²) in [6.45, 7) is 0. The van der Waals surface area contributed by atoms with E-state index in [0.29, 0.717) is 0 Å². The summed E-state index contributed by atoms with van der Waals surface area (Å²) in [5.41, 5.74) is 5.04. The zero-order chi connectivity index (χ0) is 12.3. The highest BCUT2D eigenvalue weighted by Crippen LogP contribution is 2.22. The van der Waals surface area contributed by atoms with Crippen molar-refractivity contribution in [1.29, 1.82) is 5.41 Å². The third-order valence-corrected chi connectivity index (χ3v) is 1.61. The van der Waals surface area contributed by atoms with E-state index in [1.807, 2.05) is 0 Å². The van der Waals surface area contributed by atoms with Gasteiger partial charge in [0.05, 0.1) is 5.56 Å². The highest BCUT2D eigenvalue weighted by Gasteiger charge is 2.41.